The summed E-state index contributed by atoms with van der Waals surface area (Å²) in [6.07, 6.45) is 5.26. The van der Waals surface area contributed by atoms with E-state index in [0.29, 0.717) is 6.42 Å². The molecule has 0 saturated heterocycles. The normalized spacial score (nSPS) is 10.6. The van der Waals surface area contributed by atoms with Crippen molar-refractivity contribution in [2.24, 2.45) is 0 Å². The van der Waals surface area contributed by atoms with Crippen molar-refractivity contribution in [2.45, 2.75) is 43.4 Å². The molecule has 0 aliphatic rings. The first-order valence-corrected chi connectivity index (χ1v) is 5.31. The van der Waals surface area contributed by atoms with Crippen LogP contribution in [-0.4, -0.2) is 28.3 Å². The molecule has 0 heterocycles. The highest BCUT2D eigenvalue weighted by atomic mass is 35.5. The fourth-order valence-electron chi connectivity index (χ4n) is 0.889. The van der Waals surface area contributed by atoms with Gasteiger partial charge in [0, 0.05) is 7.11 Å². The molecule has 0 amide bonds. The Kier molecular flexibility index (Phi) is 13.0. The zero-order chi connectivity index (χ0) is 10.7. The van der Waals surface area contributed by atoms with Crippen LogP contribution in [0, 0.1) is 0 Å². The zero-order valence-corrected chi connectivity index (χ0v) is 9.90. The fourth-order valence-corrected chi connectivity index (χ4v) is 1.16. The van der Waals surface area contributed by atoms with E-state index in [1.165, 1.54) is 12.8 Å². The van der Waals surface area contributed by atoms with Gasteiger partial charge in [0.25, 0.3) is 0 Å². The van der Waals surface area contributed by atoms with Crippen LogP contribution in [0.1, 0.15) is 39.0 Å². The van der Waals surface area contributed by atoms with Crippen LogP contribution in [0.15, 0.2) is 0 Å². The third-order valence-corrected chi connectivity index (χ3v) is 2.24. The maximum Gasteiger partial charge on any atom is 0.141 e. The van der Waals surface area contributed by atoms with Crippen LogP contribution in [0.25, 0.3) is 0 Å². The van der Waals surface area contributed by atoms with Crippen molar-refractivity contribution in [3.05, 3.63) is 0 Å². The average molecular weight is 231 g/mol. The maximum absolute atomic E-state index is 8.69. The molecule has 13 heavy (non-hydrogen) atoms. The predicted octanol–water partition coefficient (Wildman–Crippen LogP) is 2.73. The Morgan fingerprint density at radius 1 is 1.08 bits per heavy atom. The van der Waals surface area contributed by atoms with Crippen molar-refractivity contribution in [3.8, 4) is 0 Å². The summed E-state index contributed by atoms with van der Waals surface area (Å²) in [6, 6.07) is 0. The van der Waals surface area contributed by atoms with Gasteiger partial charge in [0.1, 0.15) is 4.33 Å². The highest BCUT2D eigenvalue weighted by molar-refractivity contribution is 6.48. The van der Waals surface area contributed by atoms with Gasteiger partial charge < -0.3 is 10.2 Å². The molecule has 0 saturated carbocycles. The first-order chi connectivity index (χ1) is 6.12. The quantitative estimate of drug-likeness (QED) is 0.545. The molecule has 4 heteroatoms. The summed E-state index contributed by atoms with van der Waals surface area (Å²) in [7, 11) is 1.00. The van der Waals surface area contributed by atoms with Gasteiger partial charge in [-0.15, -0.1) is 0 Å². The Hall–Kier alpha value is 0.500. The molecule has 0 aromatic carbocycles. The van der Waals surface area contributed by atoms with Gasteiger partial charge in [0.15, 0.2) is 0 Å². The molecule has 0 aromatic rings. The van der Waals surface area contributed by atoms with Crippen LogP contribution in [0.4, 0.5) is 0 Å². The number of hydrogen-bond donors (Lipinski definition) is 2. The Labute approximate surface area is 90.9 Å². The summed E-state index contributed by atoms with van der Waals surface area (Å²) in [5.74, 6) is 0. The summed E-state index contributed by atoms with van der Waals surface area (Å²) >= 11 is 11.4. The molecule has 0 atom stereocenters. The van der Waals surface area contributed by atoms with E-state index in [2.05, 4.69) is 6.92 Å². The molecule has 0 fully saturated rings. The van der Waals surface area contributed by atoms with E-state index in [0.717, 1.165) is 20.0 Å². The Morgan fingerprint density at radius 2 is 1.62 bits per heavy atom. The minimum atomic E-state index is -0.909. The minimum absolute atomic E-state index is 0.151. The van der Waals surface area contributed by atoms with Gasteiger partial charge in [-0.25, -0.2) is 0 Å². The lowest BCUT2D eigenvalue weighted by Crippen LogP contribution is -2.17. The molecule has 0 radical (unpaired) electrons. The SMILES string of the molecule is CCCCCCC(Cl)(Cl)CO.CO. The van der Waals surface area contributed by atoms with Gasteiger partial charge in [-0.1, -0.05) is 55.8 Å². The van der Waals surface area contributed by atoms with Gasteiger partial charge >= 0.3 is 0 Å². The molecule has 2 nitrogen and oxygen atoms in total. The summed E-state index contributed by atoms with van der Waals surface area (Å²) in [5.41, 5.74) is 0. The van der Waals surface area contributed by atoms with Crippen molar-refractivity contribution in [3.63, 3.8) is 0 Å². The van der Waals surface area contributed by atoms with Crippen molar-refractivity contribution in [2.75, 3.05) is 13.7 Å². The number of aliphatic hydroxyl groups is 2. The van der Waals surface area contributed by atoms with Crippen LogP contribution in [-0.2, 0) is 0 Å². The van der Waals surface area contributed by atoms with Crippen LogP contribution < -0.4 is 0 Å². The number of unbranched alkanes of at least 4 members (excludes halogenated alkanes) is 3. The fraction of sp³-hybridized carbons (Fsp3) is 1.00. The number of aliphatic hydroxyl groups excluding tert-OH is 2. The first-order valence-electron chi connectivity index (χ1n) is 4.56. The largest absolute Gasteiger partial charge is 0.400 e. The molecule has 0 bridgehead atoms. The molecular weight excluding hydrogens is 211 g/mol. The molecule has 0 aliphatic carbocycles. The van der Waals surface area contributed by atoms with Crippen LogP contribution in [0.5, 0.6) is 0 Å². The second kappa shape index (κ2) is 10.6. The number of halogens is 2. The molecule has 0 spiro atoms. The van der Waals surface area contributed by atoms with E-state index < -0.39 is 4.33 Å². The smallest absolute Gasteiger partial charge is 0.141 e. The van der Waals surface area contributed by atoms with Gasteiger partial charge in [-0.05, 0) is 6.42 Å². The van der Waals surface area contributed by atoms with Gasteiger partial charge in [0.2, 0.25) is 0 Å². The van der Waals surface area contributed by atoms with Crippen LogP contribution in [0.2, 0.25) is 0 Å². The highest BCUT2D eigenvalue weighted by Gasteiger charge is 2.21. The van der Waals surface area contributed by atoms with Crippen LogP contribution in [0.3, 0.4) is 0 Å². The van der Waals surface area contributed by atoms with E-state index in [1.807, 2.05) is 0 Å². The second-order valence-corrected chi connectivity index (χ2v) is 4.47. The molecular formula is C9H20Cl2O2. The topological polar surface area (TPSA) is 40.5 Å². The Bertz CT molecular complexity index is 97.6. The molecule has 0 aliphatic heterocycles. The monoisotopic (exact) mass is 230 g/mol. The standard InChI is InChI=1S/C8H16Cl2O.CH4O/c1-2-3-4-5-6-8(9,10)7-11;1-2/h11H,2-7H2,1H3;2H,1H3. The van der Waals surface area contributed by atoms with E-state index >= 15 is 0 Å². The van der Waals surface area contributed by atoms with E-state index in [4.69, 9.17) is 33.4 Å². The lowest BCUT2D eigenvalue weighted by atomic mass is 10.1. The van der Waals surface area contributed by atoms with Crippen molar-refractivity contribution in [1.29, 1.82) is 0 Å². The zero-order valence-electron chi connectivity index (χ0n) is 8.39. The Balaban J connectivity index is 0. The maximum atomic E-state index is 8.69. The first kappa shape index (κ1) is 15.9. The lowest BCUT2D eigenvalue weighted by Gasteiger charge is -2.15. The number of rotatable bonds is 6. The van der Waals surface area contributed by atoms with E-state index in [1.54, 1.807) is 0 Å². The van der Waals surface area contributed by atoms with Gasteiger partial charge in [-0.3, -0.25) is 0 Å². The molecule has 0 aromatic heterocycles. The molecule has 0 unspecified atom stereocenters. The minimum Gasteiger partial charge on any atom is -0.400 e. The number of alkyl halides is 2. The average Bonchev–Trinajstić information content (AvgIpc) is 2.16. The molecule has 82 valence electrons. The van der Waals surface area contributed by atoms with Crippen molar-refractivity contribution in [1.82, 2.24) is 0 Å². The summed E-state index contributed by atoms with van der Waals surface area (Å²) < 4.78 is -0.909. The number of hydrogen-bond acceptors (Lipinski definition) is 2. The molecule has 0 rings (SSSR count). The summed E-state index contributed by atoms with van der Waals surface area (Å²) in [4.78, 5) is 0. The second-order valence-electron chi connectivity index (χ2n) is 2.82. The van der Waals surface area contributed by atoms with E-state index in [9.17, 15) is 0 Å². The lowest BCUT2D eigenvalue weighted by molar-refractivity contribution is 0.271. The predicted molar refractivity (Wildman–Crippen MR) is 58.4 cm³/mol. The van der Waals surface area contributed by atoms with Gasteiger partial charge in [-0.2, -0.15) is 0 Å². The summed E-state index contributed by atoms with van der Waals surface area (Å²) in [6.45, 7) is 2.00. The van der Waals surface area contributed by atoms with Gasteiger partial charge in [0.05, 0.1) is 6.61 Å². The van der Waals surface area contributed by atoms with E-state index in [-0.39, 0.29) is 6.61 Å². The Morgan fingerprint density at radius 3 is 2.00 bits per heavy atom. The van der Waals surface area contributed by atoms with Crippen LogP contribution >= 0.6 is 23.2 Å². The third kappa shape index (κ3) is 12.5. The van der Waals surface area contributed by atoms with Crippen molar-refractivity contribution >= 4 is 23.2 Å². The summed E-state index contributed by atoms with van der Waals surface area (Å²) in [5, 5.41) is 15.7. The third-order valence-electron chi connectivity index (χ3n) is 1.63. The highest BCUT2D eigenvalue weighted by Crippen LogP contribution is 2.26. The molecule has 2 N–H and O–H groups in total. The van der Waals surface area contributed by atoms with Crippen molar-refractivity contribution < 1.29 is 10.2 Å².